The molecule has 0 aliphatic carbocycles. The van der Waals surface area contributed by atoms with E-state index in [-0.39, 0.29) is 0 Å². The third-order valence-electron chi connectivity index (χ3n) is 3.12. The van der Waals surface area contributed by atoms with Crippen molar-refractivity contribution in [1.82, 2.24) is 5.16 Å². The summed E-state index contributed by atoms with van der Waals surface area (Å²) in [6.07, 6.45) is 0. The Morgan fingerprint density at radius 1 is 0.950 bits per heavy atom. The summed E-state index contributed by atoms with van der Waals surface area (Å²) in [6, 6.07) is 17.9. The van der Waals surface area contributed by atoms with Gasteiger partial charge in [-0.1, -0.05) is 57.5 Å². The molecule has 3 rings (SSSR count). The third-order valence-corrected chi connectivity index (χ3v) is 3.65. The van der Waals surface area contributed by atoms with Crippen molar-refractivity contribution in [2.75, 3.05) is 0 Å². The van der Waals surface area contributed by atoms with Gasteiger partial charge in [0, 0.05) is 28.2 Å². The molecule has 2 N–H and O–H groups in total. The van der Waals surface area contributed by atoms with Crippen LogP contribution >= 0.6 is 15.9 Å². The Kier molecular flexibility index (Phi) is 3.67. The SMILES string of the molecule is NCc1ccc(-c2cc(-c3ccc(Br)cc3)on2)cc1. The summed E-state index contributed by atoms with van der Waals surface area (Å²) in [4.78, 5) is 0. The molecule has 0 spiro atoms. The van der Waals surface area contributed by atoms with Crippen molar-refractivity contribution >= 4 is 15.9 Å². The van der Waals surface area contributed by atoms with Crippen molar-refractivity contribution in [3.05, 3.63) is 64.6 Å². The van der Waals surface area contributed by atoms with Gasteiger partial charge in [-0.15, -0.1) is 0 Å². The zero-order chi connectivity index (χ0) is 13.9. The fraction of sp³-hybridized carbons (Fsp3) is 0.0625. The predicted molar refractivity (Wildman–Crippen MR) is 83.0 cm³/mol. The van der Waals surface area contributed by atoms with Gasteiger partial charge in [-0.25, -0.2) is 0 Å². The van der Waals surface area contributed by atoms with Gasteiger partial charge in [0.25, 0.3) is 0 Å². The van der Waals surface area contributed by atoms with Crippen LogP contribution in [-0.2, 0) is 6.54 Å². The van der Waals surface area contributed by atoms with Crippen molar-refractivity contribution in [3.63, 3.8) is 0 Å². The van der Waals surface area contributed by atoms with Crippen molar-refractivity contribution in [3.8, 4) is 22.6 Å². The summed E-state index contributed by atoms with van der Waals surface area (Å²) in [5, 5.41) is 4.12. The van der Waals surface area contributed by atoms with Crippen molar-refractivity contribution in [2.45, 2.75) is 6.54 Å². The molecule has 1 heterocycles. The molecular weight excluding hydrogens is 316 g/mol. The molecule has 3 aromatic rings. The van der Waals surface area contributed by atoms with E-state index in [0.29, 0.717) is 6.54 Å². The topological polar surface area (TPSA) is 52.0 Å². The van der Waals surface area contributed by atoms with Crippen LogP contribution in [0.1, 0.15) is 5.56 Å². The minimum atomic E-state index is 0.545. The van der Waals surface area contributed by atoms with Crippen molar-refractivity contribution < 1.29 is 4.52 Å². The highest BCUT2D eigenvalue weighted by molar-refractivity contribution is 9.10. The number of halogens is 1. The molecule has 3 nitrogen and oxygen atoms in total. The second kappa shape index (κ2) is 5.61. The van der Waals surface area contributed by atoms with Crippen LogP contribution in [0, 0.1) is 0 Å². The smallest absolute Gasteiger partial charge is 0.167 e. The molecule has 0 unspecified atom stereocenters. The Morgan fingerprint density at radius 3 is 2.25 bits per heavy atom. The van der Waals surface area contributed by atoms with E-state index < -0.39 is 0 Å². The molecule has 2 aromatic carbocycles. The van der Waals surface area contributed by atoms with E-state index in [1.54, 1.807) is 0 Å². The third kappa shape index (κ3) is 2.66. The zero-order valence-corrected chi connectivity index (χ0v) is 12.3. The summed E-state index contributed by atoms with van der Waals surface area (Å²) < 4.78 is 6.45. The van der Waals surface area contributed by atoms with Gasteiger partial charge in [-0.05, 0) is 17.7 Å². The number of rotatable bonds is 3. The van der Waals surface area contributed by atoms with E-state index in [1.807, 2.05) is 54.6 Å². The molecule has 1 aromatic heterocycles. The number of hydrogen-bond acceptors (Lipinski definition) is 3. The molecule has 0 fully saturated rings. The van der Waals surface area contributed by atoms with Crippen LogP contribution in [0.5, 0.6) is 0 Å². The normalized spacial score (nSPS) is 10.7. The standard InChI is InChI=1S/C16H13BrN2O/c17-14-7-5-13(6-8-14)16-9-15(19-20-16)12-3-1-11(10-18)2-4-12/h1-9H,10,18H2. The van der Waals surface area contributed by atoms with E-state index in [1.165, 1.54) is 0 Å². The molecule has 100 valence electrons. The molecule has 0 aliphatic heterocycles. The van der Waals surface area contributed by atoms with Crippen LogP contribution in [0.4, 0.5) is 0 Å². The first-order valence-electron chi connectivity index (χ1n) is 6.28. The van der Waals surface area contributed by atoms with Gasteiger partial charge in [0.15, 0.2) is 5.76 Å². The van der Waals surface area contributed by atoms with Crippen LogP contribution in [0.3, 0.4) is 0 Å². The minimum Gasteiger partial charge on any atom is -0.356 e. The van der Waals surface area contributed by atoms with Crippen LogP contribution in [0.2, 0.25) is 0 Å². The number of nitrogens with two attached hydrogens (primary N) is 1. The zero-order valence-electron chi connectivity index (χ0n) is 10.7. The van der Waals surface area contributed by atoms with Gasteiger partial charge in [0.1, 0.15) is 5.69 Å². The second-order valence-electron chi connectivity index (χ2n) is 4.48. The van der Waals surface area contributed by atoms with E-state index in [9.17, 15) is 0 Å². The van der Waals surface area contributed by atoms with Gasteiger partial charge in [0.2, 0.25) is 0 Å². The maximum Gasteiger partial charge on any atom is 0.167 e. The molecular formula is C16H13BrN2O. The Bertz CT molecular complexity index is 702. The molecule has 0 radical (unpaired) electrons. The molecule has 0 amide bonds. The van der Waals surface area contributed by atoms with Gasteiger partial charge >= 0.3 is 0 Å². The Labute approximate surface area is 125 Å². The first-order chi connectivity index (χ1) is 9.76. The lowest BCUT2D eigenvalue weighted by atomic mass is 10.1. The lowest BCUT2D eigenvalue weighted by molar-refractivity contribution is 0.435. The largest absolute Gasteiger partial charge is 0.356 e. The highest BCUT2D eigenvalue weighted by atomic mass is 79.9. The first-order valence-corrected chi connectivity index (χ1v) is 7.07. The van der Waals surface area contributed by atoms with Crippen molar-refractivity contribution in [2.24, 2.45) is 5.73 Å². The maximum absolute atomic E-state index is 5.59. The highest BCUT2D eigenvalue weighted by Crippen LogP contribution is 2.27. The second-order valence-corrected chi connectivity index (χ2v) is 5.40. The minimum absolute atomic E-state index is 0.545. The summed E-state index contributed by atoms with van der Waals surface area (Å²) in [7, 11) is 0. The lowest BCUT2D eigenvalue weighted by Crippen LogP contribution is -1.95. The van der Waals surface area contributed by atoms with E-state index >= 15 is 0 Å². The van der Waals surface area contributed by atoms with Gasteiger partial charge in [0.05, 0.1) is 0 Å². The first kappa shape index (κ1) is 13.1. The summed E-state index contributed by atoms with van der Waals surface area (Å²) >= 11 is 3.42. The number of benzene rings is 2. The fourth-order valence-electron chi connectivity index (χ4n) is 1.97. The Morgan fingerprint density at radius 2 is 1.60 bits per heavy atom. The highest BCUT2D eigenvalue weighted by Gasteiger charge is 2.08. The van der Waals surface area contributed by atoms with Crippen molar-refractivity contribution in [1.29, 1.82) is 0 Å². The molecule has 0 atom stereocenters. The molecule has 0 bridgehead atoms. The summed E-state index contributed by atoms with van der Waals surface area (Å²) in [5.74, 6) is 0.760. The van der Waals surface area contributed by atoms with Crippen LogP contribution in [0.15, 0.2) is 63.6 Å². The molecule has 0 aliphatic rings. The molecule has 4 heteroatoms. The van der Waals surface area contributed by atoms with Crippen LogP contribution < -0.4 is 5.73 Å². The van der Waals surface area contributed by atoms with Crippen LogP contribution in [-0.4, -0.2) is 5.16 Å². The summed E-state index contributed by atoms with van der Waals surface area (Å²) in [5.41, 5.74) is 9.55. The average Bonchev–Trinajstić information content (AvgIpc) is 2.98. The lowest BCUT2D eigenvalue weighted by Gasteiger charge is -1.98. The quantitative estimate of drug-likeness (QED) is 0.782. The fourth-order valence-corrected chi connectivity index (χ4v) is 2.24. The van der Waals surface area contributed by atoms with E-state index in [2.05, 4.69) is 21.1 Å². The van der Waals surface area contributed by atoms with Gasteiger partial charge < -0.3 is 10.3 Å². The van der Waals surface area contributed by atoms with Gasteiger partial charge in [-0.2, -0.15) is 0 Å². The van der Waals surface area contributed by atoms with Crippen LogP contribution in [0.25, 0.3) is 22.6 Å². The number of aromatic nitrogens is 1. The average molecular weight is 329 g/mol. The molecule has 0 saturated carbocycles. The monoisotopic (exact) mass is 328 g/mol. The summed E-state index contributed by atoms with van der Waals surface area (Å²) in [6.45, 7) is 0.545. The Balaban J connectivity index is 1.91. The molecule has 20 heavy (non-hydrogen) atoms. The maximum atomic E-state index is 5.59. The van der Waals surface area contributed by atoms with Gasteiger partial charge in [-0.3, -0.25) is 0 Å². The van der Waals surface area contributed by atoms with E-state index in [0.717, 1.165) is 32.6 Å². The Hall–Kier alpha value is -1.91. The molecule has 0 saturated heterocycles. The number of hydrogen-bond donors (Lipinski definition) is 1. The predicted octanol–water partition coefficient (Wildman–Crippen LogP) is 4.23. The number of nitrogens with zero attached hydrogens (tertiary/aromatic N) is 1. The van der Waals surface area contributed by atoms with E-state index in [4.69, 9.17) is 10.3 Å².